The van der Waals surface area contributed by atoms with Crippen LogP contribution in [0.25, 0.3) is 0 Å². The monoisotopic (exact) mass is 214 g/mol. The van der Waals surface area contributed by atoms with Crippen molar-refractivity contribution in [1.29, 1.82) is 0 Å². The molecule has 0 aliphatic heterocycles. The van der Waals surface area contributed by atoms with Crippen molar-refractivity contribution in [2.45, 2.75) is 19.0 Å². The van der Waals surface area contributed by atoms with Crippen LogP contribution in [0.5, 0.6) is 0 Å². The summed E-state index contributed by atoms with van der Waals surface area (Å²) in [6.45, 7) is 0.0447. The molecule has 1 aromatic rings. The number of carbonyl (C=O) groups is 1. The van der Waals surface area contributed by atoms with Gasteiger partial charge in [0.05, 0.1) is 0 Å². The third-order valence-electron chi connectivity index (χ3n) is 1.75. The van der Waals surface area contributed by atoms with E-state index in [1.54, 1.807) is 0 Å². The standard InChI is InChI=1S/C7H10N4O4/c8-4(6(13)14)1-2-11-7(15)10-5(12)3-9-11/h3-4H,1-2,8H2,(H,13,14)(H,10,12,15)/t4-/m1/s1. The van der Waals surface area contributed by atoms with Crippen LogP contribution in [-0.4, -0.2) is 31.9 Å². The summed E-state index contributed by atoms with van der Waals surface area (Å²) in [5, 5.41) is 12.0. The van der Waals surface area contributed by atoms with Crippen molar-refractivity contribution < 1.29 is 9.90 Å². The maximum atomic E-state index is 11.1. The van der Waals surface area contributed by atoms with E-state index in [2.05, 4.69) is 5.10 Å². The molecule has 0 saturated heterocycles. The van der Waals surface area contributed by atoms with Crippen molar-refractivity contribution in [3.05, 3.63) is 27.0 Å². The number of aliphatic carboxylic acids is 1. The highest BCUT2D eigenvalue weighted by molar-refractivity contribution is 5.72. The molecule has 8 heteroatoms. The molecule has 0 aliphatic carbocycles. The zero-order chi connectivity index (χ0) is 11.4. The van der Waals surface area contributed by atoms with E-state index in [9.17, 15) is 14.4 Å². The Bertz CT molecular complexity index is 463. The van der Waals surface area contributed by atoms with Crippen LogP contribution in [0.4, 0.5) is 0 Å². The molecular formula is C7H10N4O4. The van der Waals surface area contributed by atoms with Crippen molar-refractivity contribution >= 4 is 5.97 Å². The normalized spacial score (nSPS) is 12.3. The molecule has 0 spiro atoms. The van der Waals surface area contributed by atoms with Gasteiger partial charge < -0.3 is 10.8 Å². The molecule has 0 bridgehead atoms. The van der Waals surface area contributed by atoms with Gasteiger partial charge in [0.15, 0.2) is 0 Å². The van der Waals surface area contributed by atoms with Crippen molar-refractivity contribution in [3.63, 3.8) is 0 Å². The molecule has 15 heavy (non-hydrogen) atoms. The lowest BCUT2D eigenvalue weighted by atomic mass is 10.2. The first-order chi connectivity index (χ1) is 7.00. The number of hydrogen-bond acceptors (Lipinski definition) is 5. The van der Waals surface area contributed by atoms with E-state index in [0.717, 1.165) is 10.9 Å². The Balaban J connectivity index is 2.70. The van der Waals surface area contributed by atoms with Crippen LogP contribution < -0.4 is 17.0 Å². The molecule has 82 valence electrons. The average molecular weight is 214 g/mol. The molecule has 4 N–H and O–H groups in total. The summed E-state index contributed by atoms with van der Waals surface area (Å²) >= 11 is 0. The summed E-state index contributed by atoms with van der Waals surface area (Å²) in [6.07, 6.45) is 1.00. The highest BCUT2D eigenvalue weighted by atomic mass is 16.4. The Morgan fingerprint density at radius 1 is 1.67 bits per heavy atom. The minimum Gasteiger partial charge on any atom is -0.480 e. The molecule has 0 radical (unpaired) electrons. The summed E-state index contributed by atoms with van der Waals surface area (Å²) in [7, 11) is 0. The number of nitrogens with zero attached hydrogens (tertiary/aromatic N) is 2. The highest BCUT2D eigenvalue weighted by Crippen LogP contribution is 1.89. The summed E-state index contributed by atoms with van der Waals surface area (Å²) < 4.78 is 0.949. The van der Waals surface area contributed by atoms with Crippen molar-refractivity contribution in [2.75, 3.05) is 0 Å². The van der Waals surface area contributed by atoms with Gasteiger partial charge in [-0.3, -0.25) is 14.6 Å². The lowest BCUT2D eigenvalue weighted by Gasteiger charge is -2.06. The molecule has 0 amide bonds. The van der Waals surface area contributed by atoms with Gasteiger partial charge in [0, 0.05) is 6.54 Å². The smallest absolute Gasteiger partial charge is 0.344 e. The van der Waals surface area contributed by atoms with Gasteiger partial charge in [-0.25, -0.2) is 9.48 Å². The van der Waals surface area contributed by atoms with Gasteiger partial charge in [0.1, 0.15) is 12.2 Å². The molecular weight excluding hydrogens is 204 g/mol. The molecule has 0 unspecified atom stereocenters. The second-order valence-corrected chi connectivity index (χ2v) is 2.90. The zero-order valence-corrected chi connectivity index (χ0v) is 7.71. The number of H-pyrrole nitrogens is 1. The fraction of sp³-hybridized carbons (Fsp3) is 0.429. The molecule has 1 atom stereocenters. The van der Waals surface area contributed by atoms with Gasteiger partial charge in [0.2, 0.25) is 0 Å². The van der Waals surface area contributed by atoms with Crippen LogP contribution in [0.2, 0.25) is 0 Å². The number of aryl methyl sites for hydroxylation is 1. The Hall–Kier alpha value is -1.96. The summed E-state index contributed by atoms with van der Waals surface area (Å²) in [6, 6.07) is -1.05. The van der Waals surface area contributed by atoms with E-state index < -0.39 is 23.3 Å². The maximum absolute atomic E-state index is 11.1. The average Bonchev–Trinajstić information content (AvgIpc) is 2.15. The third kappa shape index (κ3) is 3.02. The van der Waals surface area contributed by atoms with Gasteiger partial charge in [-0.1, -0.05) is 0 Å². The summed E-state index contributed by atoms with van der Waals surface area (Å²) in [5.74, 6) is -1.15. The Morgan fingerprint density at radius 2 is 2.33 bits per heavy atom. The quantitative estimate of drug-likeness (QED) is 0.518. The maximum Gasteiger partial charge on any atom is 0.344 e. The highest BCUT2D eigenvalue weighted by Gasteiger charge is 2.11. The number of hydrogen-bond donors (Lipinski definition) is 3. The SMILES string of the molecule is N[C@H](CCn1ncc(=O)[nH]c1=O)C(=O)O. The Labute approximate surface area is 83.3 Å². The molecule has 1 heterocycles. The van der Waals surface area contributed by atoms with Crippen LogP contribution in [0.3, 0.4) is 0 Å². The van der Waals surface area contributed by atoms with Gasteiger partial charge in [-0.05, 0) is 6.42 Å². The summed E-state index contributed by atoms with van der Waals surface area (Å²) in [4.78, 5) is 34.1. The van der Waals surface area contributed by atoms with Crippen LogP contribution in [0.1, 0.15) is 6.42 Å². The van der Waals surface area contributed by atoms with Crippen molar-refractivity contribution in [2.24, 2.45) is 5.73 Å². The van der Waals surface area contributed by atoms with E-state index in [1.807, 2.05) is 4.98 Å². The Morgan fingerprint density at radius 3 is 2.87 bits per heavy atom. The molecule has 0 saturated carbocycles. The fourth-order valence-corrected chi connectivity index (χ4v) is 0.921. The Kier molecular flexibility index (Phi) is 3.34. The number of aromatic nitrogens is 3. The number of nitrogens with two attached hydrogens (primary N) is 1. The fourth-order valence-electron chi connectivity index (χ4n) is 0.921. The lowest BCUT2D eigenvalue weighted by molar-refractivity contribution is -0.138. The van der Waals surface area contributed by atoms with E-state index in [-0.39, 0.29) is 13.0 Å². The molecule has 1 aromatic heterocycles. The van der Waals surface area contributed by atoms with E-state index in [1.165, 1.54) is 0 Å². The largest absolute Gasteiger partial charge is 0.480 e. The molecule has 0 fully saturated rings. The topological polar surface area (TPSA) is 131 Å². The van der Waals surface area contributed by atoms with Gasteiger partial charge in [-0.15, -0.1) is 0 Å². The minimum atomic E-state index is -1.15. The van der Waals surface area contributed by atoms with E-state index in [4.69, 9.17) is 10.8 Å². The molecule has 0 aliphatic rings. The lowest BCUT2D eigenvalue weighted by Crippen LogP contribution is -2.36. The van der Waals surface area contributed by atoms with Crippen molar-refractivity contribution in [1.82, 2.24) is 14.8 Å². The predicted octanol–water partition coefficient (Wildman–Crippen LogP) is -2.27. The van der Waals surface area contributed by atoms with Crippen LogP contribution in [-0.2, 0) is 11.3 Å². The zero-order valence-electron chi connectivity index (χ0n) is 7.71. The molecule has 8 nitrogen and oxygen atoms in total. The van der Waals surface area contributed by atoms with Crippen LogP contribution >= 0.6 is 0 Å². The van der Waals surface area contributed by atoms with E-state index in [0.29, 0.717) is 0 Å². The summed E-state index contributed by atoms with van der Waals surface area (Å²) in [5.41, 5.74) is 3.95. The van der Waals surface area contributed by atoms with Crippen LogP contribution in [0, 0.1) is 0 Å². The number of nitrogens with one attached hydrogen (secondary N) is 1. The van der Waals surface area contributed by atoms with Crippen molar-refractivity contribution in [3.8, 4) is 0 Å². The number of carboxylic acids is 1. The first kappa shape index (κ1) is 11.1. The second kappa shape index (κ2) is 4.51. The third-order valence-corrected chi connectivity index (χ3v) is 1.75. The van der Waals surface area contributed by atoms with Gasteiger partial charge in [-0.2, -0.15) is 5.10 Å². The van der Waals surface area contributed by atoms with Gasteiger partial charge in [0.25, 0.3) is 5.56 Å². The van der Waals surface area contributed by atoms with E-state index >= 15 is 0 Å². The molecule has 0 aromatic carbocycles. The minimum absolute atomic E-state index is 0.0447. The first-order valence-electron chi connectivity index (χ1n) is 4.15. The van der Waals surface area contributed by atoms with Gasteiger partial charge >= 0.3 is 11.7 Å². The first-order valence-corrected chi connectivity index (χ1v) is 4.15. The molecule has 1 rings (SSSR count). The van der Waals surface area contributed by atoms with Crippen LogP contribution in [0.15, 0.2) is 15.8 Å². The number of rotatable bonds is 4. The second-order valence-electron chi connectivity index (χ2n) is 2.90. The number of carboxylic acid groups (broad SMARTS) is 1. The number of aromatic amines is 1. The predicted molar refractivity (Wildman–Crippen MR) is 49.3 cm³/mol.